The maximum Gasteiger partial charge on any atom is 0.129 e. The molecular formula is C42H66ClNO2. The Kier molecular flexibility index (Phi) is 25.7. The van der Waals surface area contributed by atoms with Crippen LogP contribution >= 0.6 is 11.6 Å². The van der Waals surface area contributed by atoms with Crippen molar-refractivity contribution < 1.29 is 9.53 Å². The number of unbranched alkanes of at least 4 members (excludes halogenated alkanes) is 2. The van der Waals surface area contributed by atoms with Crippen LogP contribution in [0, 0.1) is 19.3 Å². The van der Waals surface area contributed by atoms with E-state index >= 15 is 0 Å². The predicted octanol–water partition coefficient (Wildman–Crippen LogP) is 13.8. The number of benzene rings is 3. The molecule has 258 valence electrons. The highest BCUT2D eigenvalue weighted by molar-refractivity contribution is 6.34. The number of nitrogens with zero attached hydrogens (tertiary/aromatic N) is 1. The molecule has 3 aromatic rings. The van der Waals surface area contributed by atoms with Gasteiger partial charge in [-0.1, -0.05) is 142 Å². The Morgan fingerprint density at radius 3 is 1.74 bits per heavy atom. The quantitative estimate of drug-likeness (QED) is 0.216. The summed E-state index contributed by atoms with van der Waals surface area (Å²) in [6, 6.07) is 22.6. The summed E-state index contributed by atoms with van der Waals surface area (Å²) in [7, 11) is 0. The zero-order chi connectivity index (χ0) is 35.7. The minimum absolute atomic E-state index is 0.145. The van der Waals surface area contributed by atoms with Crippen molar-refractivity contribution >= 4 is 28.8 Å². The predicted molar refractivity (Wildman–Crippen MR) is 207 cm³/mol. The van der Waals surface area contributed by atoms with E-state index in [0.29, 0.717) is 11.8 Å². The van der Waals surface area contributed by atoms with Crippen LogP contribution in [0.2, 0.25) is 5.02 Å². The lowest BCUT2D eigenvalue weighted by Gasteiger charge is -2.12. The van der Waals surface area contributed by atoms with Gasteiger partial charge in [0.2, 0.25) is 0 Å². The van der Waals surface area contributed by atoms with Gasteiger partial charge in [0.05, 0.1) is 11.8 Å². The number of ketones is 1. The molecule has 0 atom stereocenters. The molecule has 3 rings (SSSR count). The van der Waals surface area contributed by atoms with Crippen molar-refractivity contribution in [2.24, 2.45) is 10.4 Å². The van der Waals surface area contributed by atoms with Crippen LogP contribution in [0.3, 0.4) is 0 Å². The number of carbonyl (C=O) groups is 1. The van der Waals surface area contributed by atoms with Crippen LogP contribution in [0.15, 0.2) is 71.7 Å². The summed E-state index contributed by atoms with van der Waals surface area (Å²) in [5.41, 5.74) is 7.09. The molecule has 0 unspecified atom stereocenters. The molecule has 0 spiro atoms. The Bertz CT molecular complexity index is 1230. The maximum atomic E-state index is 9.81. The molecule has 0 N–H and O–H groups in total. The number of aliphatic imine (C=N–C) groups is 1. The third kappa shape index (κ3) is 25.3. The number of rotatable bonds is 9. The van der Waals surface area contributed by atoms with E-state index in [9.17, 15) is 4.79 Å². The van der Waals surface area contributed by atoms with Crippen LogP contribution in [0.4, 0.5) is 5.69 Å². The first kappa shape index (κ1) is 45.2. The number of hydrogen-bond donors (Lipinski definition) is 0. The molecule has 0 amide bonds. The second kappa shape index (κ2) is 26.2. The van der Waals surface area contributed by atoms with Gasteiger partial charge < -0.3 is 9.53 Å². The summed E-state index contributed by atoms with van der Waals surface area (Å²) >= 11 is 6.40. The van der Waals surface area contributed by atoms with Crippen LogP contribution in [-0.2, 0) is 11.2 Å². The summed E-state index contributed by atoms with van der Waals surface area (Å²) in [6.45, 7) is 29.0. The minimum Gasteiger partial charge on any atom is -0.491 e. The first-order valence-corrected chi connectivity index (χ1v) is 17.5. The number of aryl methyl sites for hydroxylation is 3. The fourth-order valence-corrected chi connectivity index (χ4v) is 3.80. The molecule has 0 saturated carbocycles. The van der Waals surface area contributed by atoms with Crippen LogP contribution in [0.25, 0.3) is 0 Å². The maximum absolute atomic E-state index is 9.81. The van der Waals surface area contributed by atoms with Crippen molar-refractivity contribution in [2.75, 3.05) is 0 Å². The van der Waals surface area contributed by atoms with Gasteiger partial charge in [-0.2, -0.15) is 0 Å². The molecule has 0 fully saturated rings. The Hall–Kier alpha value is -2.91. The number of ether oxygens (including phenoxy) is 1. The molecule has 3 nitrogen and oxygen atoms in total. The average Bonchev–Trinajstić information content (AvgIpc) is 2.98. The Morgan fingerprint density at radius 1 is 0.826 bits per heavy atom. The fourth-order valence-electron chi connectivity index (χ4n) is 3.45. The molecule has 0 radical (unpaired) electrons. The van der Waals surface area contributed by atoms with Crippen LogP contribution < -0.4 is 4.74 Å². The highest BCUT2D eigenvalue weighted by atomic mass is 35.5. The monoisotopic (exact) mass is 651 g/mol. The average molecular weight is 652 g/mol. The second-order valence-corrected chi connectivity index (χ2v) is 13.7. The first-order chi connectivity index (χ1) is 21.5. The van der Waals surface area contributed by atoms with E-state index in [4.69, 9.17) is 21.3 Å². The van der Waals surface area contributed by atoms with Crippen molar-refractivity contribution in [2.45, 2.75) is 142 Å². The summed E-state index contributed by atoms with van der Waals surface area (Å²) < 4.78 is 5.77. The first-order valence-electron chi connectivity index (χ1n) is 17.2. The Labute approximate surface area is 289 Å². The number of hydrogen-bond acceptors (Lipinski definition) is 3. The van der Waals surface area contributed by atoms with E-state index in [-0.39, 0.29) is 11.9 Å². The molecule has 0 saturated heterocycles. The highest BCUT2D eigenvalue weighted by Crippen LogP contribution is 2.28. The normalized spacial score (nSPS) is 10.6. The van der Waals surface area contributed by atoms with Gasteiger partial charge in [-0.25, -0.2) is 0 Å². The largest absolute Gasteiger partial charge is 0.491 e. The van der Waals surface area contributed by atoms with E-state index < -0.39 is 0 Å². The number of halogens is 1. The van der Waals surface area contributed by atoms with Gasteiger partial charge in [0.25, 0.3) is 0 Å². The van der Waals surface area contributed by atoms with Crippen molar-refractivity contribution in [3.63, 3.8) is 0 Å². The van der Waals surface area contributed by atoms with Crippen molar-refractivity contribution in [1.29, 1.82) is 0 Å². The zero-order valence-electron chi connectivity index (χ0n) is 31.8. The molecule has 0 aliphatic rings. The van der Waals surface area contributed by atoms with Crippen molar-refractivity contribution in [3.05, 3.63) is 94.0 Å². The molecule has 46 heavy (non-hydrogen) atoms. The minimum atomic E-state index is 0.145. The zero-order valence-corrected chi connectivity index (χ0v) is 32.6. The smallest absolute Gasteiger partial charge is 0.129 e. The molecule has 0 heterocycles. The van der Waals surface area contributed by atoms with E-state index in [2.05, 4.69) is 92.6 Å². The molecular weight excluding hydrogens is 586 g/mol. The van der Waals surface area contributed by atoms with E-state index in [1.165, 1.54) is 24.8 Å². The molecule has 0 aromatic heterocycles. The summed E-state index contributed by atoms with van der Waals surface area (Å²) in [6.07, 6.45) is 6.84. The SMILES string of the molecule is CC(C)(C)C.CCC(=Nc1cc(OC(C)C)ccc1C)c1ccc(C)cc1Cl.CCC(C)=O.CCCCC.CCc1ccccc1. The van der Waals surface area contributed by atoms with Crippen molar-refractivity contribution in [3.8, 4) is 5.75 Å². The highest BCUT2D eigenvalue weighted by Gasteiger charge is 2.09. The molecule has 4 heteroatoms. The van der Waals surface area contributed by atoms with Crippen molar-refractivity contribution in [1.82, 2.24) is 0 Å². The summed E-state index contributed by atoms with van der Waals surface area (Å²) in [5, 5.41) is 0.748. The molecule has 0 bridgehead atoms. The molecule has 0 aliphatic carbocycles. The van der Waals surface area contributed by atoms with Gasteiger partial charge >= 0.3 is 0 Å². The van der Waals surface area contributed by atoms with E-state index in [1.807, 2.05) is 64.1 Å². The fraction of sp³-hybridized carbons (Fsp3) is 0.524. The third-order valence-electron chi connectivity index (χ3n) is 6.03. The van der Waals surface area contributed by atoms with E-state index in [1.54, 1.807) is 6.92 Å². The number of Topliss-reactive ketones (excluding diaryl/α,β-unsaturated/α-hetero) is 1. The topological polar surface area (TPSA) is 38.7 Å². The standard InChI is InChI=1S/C20H24ClNO.C8H10.2C5H12.C4H8O/c1-6-19(17-10-7-14(4)11-18(17)21)22-20-12-16(23-13(2)3)9-8-15(20)5;1-2-8-6-4-3-5-7-8;1-5(2,3)4;1-3-5-4-2;1-3-4(2)5/h7-13H,6H2,1-5H3;3-7H,2H2,1H3;1-4H3;3-5H2,1-2H3;3H2,1-2H3. The van der Waals surface area contributed by atoms with Gasteiger partial charge in [-0.15, -0.1) is 0 Å². The molecule has 0 aliphatic heterocycles. The van der Waals surface area contributed by atoms with Crippen LogP contribution in [-0.4, -0.2) is 17.6 Å². The summed E-state index contributed by atoms with van der Waals surface area (Å²) in [5.74, 6) is 1.10. The van der Waals surface area contributed by atoms with Gasteiger partial charge in [-0.05, 0) is 81.7 Å². The second-order valence-electron chi connectivity index (χ2n) is 13.3. The van der Waals surface area contributed by atoms with E-state index in [0.717, 1.165) is 51.7 Å². The Balaban J connectivity index is 0. The lowest BCUT2D eigenvalue weighted by molar-refractivity contribution is -0.116. The Morgan fingerprint density at radius 2 is 1.37 bits per heavy atom. The van der Waals surface area contributed by atoms with Crippen LogP contribution in [0.5, 0.6) is 5.75 Å². The molecule has 3 aromatic carbocycles. The van der Waals surface area contributed by atoms with Gasteiger partial charge in [0.1, 0.15) is 11.5 Å². The number of carbonyl (C=O) groups excluding carboxylic acids is 1. The van der Waals surface area contributed by atoms with Gasteiger partial charge in [0.15, 0.2) is 0 Å². The third-order valence-corrected chi connectivity index (χ3v) is 6.35. The van der Waals surface area contributed by atoms with Gasteiger partial charge in [-0.3, -0.25) is 4.99 Å². The lowest BCUT2D eigenvalue weighted by atomic mass is 10.0. The summed E-state index contributed by atoms with van der Waals surface area (Å²) in [4.78, 5) is 14.7. The van der Waals surface area contributed by atoms with Gasteiger partial charge in [0, 0.05) is 28.8 Å². The lowest BCUT2D eigenvalue weighted by Crippen LogP contribution is -2.05. The van der Waals surface area contributed by atoms with Crippen LogP contribution in [0.1, 0.15) is 137 Å².